The molecule has 2 bridgehead atoms. The number of carbonyl (C=O) groups excluding carboxylic acids is 2. The summed E-state index contributed by atoms with van der Waals surface area (Å²) < 4.78 is 0. The molecule has 22 heavy (non-hydrogen) atoms. The van der Waals surface area contributed by atoms with Gasteiger partial charge in [0.1, 0.15) is 0 Å². The van der Waals surface area contributed by atoms with Crippen LogP contribution in [-0.4, -0.2) is 28.8 Å². The molecule has 0 aromatic carbocycles. The average molecular weight is 302 g/mol. The Hall–Kier alpha value is -1.32. The molecule has 1 N–H and O–H groups in total. The number of allylic oxidation sites excluding steroid dienone is 1. The summed E-state index contributed by atoms with van der Waals surface area (Å²) in [6.45, 7) is 4.95. The lowest BCUT2D eigenvalue weighted by Gasteiger charge is -2.62. The standard InChI is InChI=1S/C18H26N2O2/c1-11-8-13-9-16-15(5-6-17(22)19-16)18(10-11)14(13)4-3-7-20(18)12(2)21/h11,13-14H,3-10H2,1-2H3,(H,19,22). The smallest absolute Gasteiger partial charge is 0.224 e. The molecule has 4 nitrogen and oxygen atoms in total. The van der Waals surface area contributed by atoms with Gasteiger partial charge in [0, 0.05) is 25.6 Å². The first-order valence-corrected chi connectivity index (χ1v) is 8.83. The van der Waals surface area contributed by atoms with Crippen molar-refractivity contribution in [2.75, 3.05) is 6.54 Å². The Morgan fingerprint density at radius 2 is 2.18 bits per heavy atom. The summed E-state index contributed by atoms with van der Waals surface area (Å²) >= 11 is 0. The number of amides is 2. The quantitative estimate of drug-likeness (QED) is 0.748. The monoisotopic (exact) mass is 302 g/mol. The van der Waals surface area contributed by atoms with E-state index in [1.54, 1.807) is 6.92 Å². The first-order valence-electron chi connectivity index (χ1n) is 8.83. The fraction of sp³-hybridized carbons (Fsp3) is 0.778. The van der Waals surface area contributed by atoms with Gasteiger partial charge in [-0.15, -0.1) is 0 Å². The van der Waals surface area contributed by atoms with Gasteiger partial charge in [-0.3, -0.25) is 9.59 Å². The van der Waals surface area contributed by atoms with E-state index in [9.17, 15) is 9.59 Å². The summed E-state index contributed by atoms with van der Waals surface area (Å²) in [6.07, 6.45) is 7.15. The highest BCUT2D eigenvalue weighted by molar-refractivity contribution is 5.81. The zero-order valence-electron chi connectivity index (χ0n) is 13.7. The van der Waals surface area contributed by atoms with Crippen LogP contribution < -0.4 is 5.32 Å². The first kappa shape index (κ1) is 14.3. The van der Waals surface area contributed by atoms with E-state index in [0.29, 0.717) is 24.2 Å². The number of rotatable bonds is 0. The fourth-order valence-corrected chi connectivity index (χ4v) is 6.07. The van der Waals surface area contributed by atoms with Crippen molar-refractivity contribution in [1.82, 2.24) is 10.2 Å². The molecule has 1 saturated carbocycles. The van der Waals surface area contributed by atoms with Crippen molar-refractivity contribution in [1.29, 1.82) is 0 Å². The lowest BCUT2D eigenvalue weighted by Crippen LogP contribution is -2.67. The Balaban J connectivity index is 1.88. The Kier molecular flexibility index (Phi) is 3.14. The summed E-state index contributed by atoms with van der Waals surface area (Å²) in [5.74, 6) is 2.26. The molecule has 4 rings (SSSR count). The predicted octanol–water partition coefficient (Wildman–Crippen LogP) is 2.60. The van der Waals surface area contributed by atoms with E-state index in [2.05, 4.69) is 17.1 Å². The van der Waals surface area contributed by atoms with E-state index in [1.807, 2.05) is 0 Å². The second-order valence-corrected chi connectivity index (χ2v) is 7.86. The molecule has 0 aromatic heterocycles. The maximum Gasteiger partial charge on any atom is 0.224 e. The molecule has 2 aliphatic heterocycles. The molecule has 2 aliphatic carbocycles. The largest absolute Gasteiger partial charge is 0.333 e. The molecule has 0 spiro atoms. The van der Waals surface area contributed by atoms with Gasteiger partial charge in [0.25, 0.3) is 0 Å². The van der Waals surface area contributed by atoms with Crippen LogP contribution in [0.15, 0.2) is 11.3 Å². The number of piperidine rings is 1. The normalized spacial score (nSPS) is 40.7. The summed E-state index contributed by atoms with van der Waals surface area (Å²) in [6, 6.07) is 0. The number of nitrogens with zero attached hydrogens (tertiary/aromatic N) is 1. The average Bonchev–Trinajstić information content (AvgIpc) is 2.45. The van der Waals surface area contributed by atoms with E-state index in [4.69, 9.17) is 0 Å². The third kappa shape index (κ3) is 1.82. The molecule has 2 heterocycles. The summed E-state index contributed by atoms with van der Waals surface area (Å²) in [5, 5.41) is 3.15. The van der Waals surface area contributed by atoms with Gasteiger partial charge in [-0.05, 0) is 61.9 Å². The van der Waals surface area contributed by atoms with Crippen molar-refractivity contribution in [3.05, 3.63) is 11.3 Å². The van der Waals surface area contributed by atoms with Crippen molar-refractivity contribution in [3.63, 3.8) is 0 Å². The molecule has 4 unspecified atom stereocenters. The topological polar surface area (TPSA) is 49.4 Å². The van der Waals surface area contributed by atoms with Gasteiger partial charge in [0.15, 0.2) is 0 Å². The second-order valence-electron chi connectivity index (χ2n) is 7.86. The lowest BCUT2D eigenvalue weighted by atomic mass is 9.52. The number of hydrogen-bond donors (Lipinski definition) is 1. The molecule has 2 amide bonds. The third-order valence-electron chi connectivity index (χ3n) is 6.55. The number of hydrogen-bond acceptors (Lipinski definition) is 2. The SMILES string of the molecule is CC(=O)N1CCCC2C3CC4=C(CCC(=O)N4)C21CC(C)C3. The maximum absolute atomic E-state index is 12.4. The van der Waals surface area contributed by atoms with Crippen LogP contribution in [0.1, 0.15) is 58.8 Å². The van der Waals surface area contributed by atoms with Crippen LogP contribution in [0, 0.1) is 17.8 Å². The lowest BCUT2D eigenvalue weighted by molar-refractivity contribution is -0.146. The van der Waals surface area contributed by atoms with Gasteiger partial charge in [0.2, 0.25) is 11.8 Å². The van der Waals surface area contributed by atoms with Crippen molar-refractivity contribution in [2.24, 2.45) is 17.8 Å². The van der Waals surface area contributed by atoms with Gasteiger partial charge in [-0.1, -0.05) is 6.92 Å². The third-order valence-corrected chi connectivity index (χ3v) is 6.55. The maximum atomic E-state index is 12.4. The van der Waals surface area contributed by atoms with Crippen molar-refractivity contribution in [2.45, 2.75) is 64.3 Å². The van der Waals surface area contributed by atoms with Crippen LogP contribution >= 0.6 is 0 Å². The van der Waals surface area contributed by atoms with Gasteiger partial charge >= 0.3 is 0 Å². The second kappa shape index (κ2) is 4.84. The first-order chi connectivity index (χ1) is 10.5. The number of carbonyl (C=O) groups is 2. The highest BCUT2D eigenvalue weighted by Crippen LogP contribution is 2.58. The van der Waals surface area contributed by atoms with E-state index in [1.165, 1.54) is 18.4 Å². The van der Waals surface area contributed by atoms with Gasteiger partial charge in [0.05, 0.1) is 5.54 Å². The molecule has 2 fully saturated rings. The molecule has 4 aliphatic rings. The zero-order valence-corrected chi connectivity index (χ0v) is 13.7. The van der Waals surface area contributed by atoms with Crippen LogP contribution in [0.4, 0.5) is 0 Å². The summed E-state index contributed by atoms with van der Waals surface area (Å²) in [5.41, 5.74) is 2.47. The number of likely N-dealkylation sites (tertiary alicyclic amines) is 1. The van der Waals surface area contributed by atoms with E-state index >= 15 is 0 Å². The Morgan fingerprint density at radius 3 is 2.95 bits per heavy atom. The Morgan fingerprint density at radius 1 is 1.36 bits per heavy atom. The molecule has 4 heteroatoms. The van der Waals surface area contributed by atoms with Crippen molar-refractivity contribution < 1.29 is 9.59 Å². The highest BCUT2D eigenvalue weighted by Gasteiger charge is 2.58. The molecular formula is C18H26N2O2. The van der Waals surface area contributed by atoms with Crippen molar-refractivity contribution in [3.8, 4) is 0 Å². The highest BCUT2D eigenvalue weighted by atomic mass is 16.2. The van der Waals surface area contributed by atoms with Crippen LogP contribution in [0.2, 0.25) is 0 Å². The minimum atomic E-state index is -0.0896. The molecular weight excluding hydrogens is 276 g/mol. The fourth-order valence-electron chi connectivity index (χ4n) is 6.07. The van der Waals surface area contributed by atoms with Gasteiger partial charge in [-0.25, -0.2) is 0 Å². The van der Waals surface area contributed by atoms with Gasteiger partial charge in [-0.2, -0.15) is 0 Å². The molecule has 0 radical (unpaired) electrons. The molecule has 120 valence electrons. The van der Waals surface area contributed by atoms with Crippen LogP contribution in [0.25, 0.3) is 0 Å². The van der Waals surface area contributed by atoms with Gasteiger partial charge < -0.3 is 10.2 Å². The zero-order chi connectivity index (χ0) is 15.5. The van der Waals surface area contributed by atoms with Crippen LogP contribution in [-0.2, 0) is 9.59 Å². The Labute approximate surface area is 132 Å². The molecule has 4 atom stereocenters. The van der Waals surface area contributed by atoms with E-state index < -0.39 is 0 Å². The molecule has 0 aromatic rings. The summed E-state index contributed by atoms with van der Waals surface area (Å²) in [4.78, 5) is 26.4. The van der Waals surface area contributed by atoms with E-state index in [0.717, 1.165) is 37.9 Å². The van der Waals surface area contributed by atoms with E-state index in [-0.39, 0.29) is 17.4 Å². The van der Waals surface area contributed by atoms with Crippen LogP contribution in [0.3, 0.4) is 0 Å². The molecule has 1 saturated heterocycles. The van der Waals surface area contributed by atoms with Crippen LogP contribution in [0.5, 0.6) is 0 Å². The minimum absolute atomic E-state index is 0.0896. The predicted molar refractivity (Wildman–Crippen MR) is 83.7 cm³/mol. The Bertz CT molecular complexity index is 567. The number of nitrogens with one attached hydrogen (secondary N) is 1. The van der Waals surface area contributed by atoms with Crippen molar-refractivity contribution >= 4 is 11.8 Å². The minimum Gasteiger partial charge on any atom is -0.333 e. The summed E-state index contributed by atoms with van der Waals surface area (Å²) in [7, 11) is 0.